The lowest BCUT2D eigenvalue weighted by Gasteiger charge is -2.32. The Balaban J connectivity index is 1.72. The van der Waals surface area contributed by atoms with Crippen molar-refractivity contribution in [1.82, 2.24) is 19.4 Å². The number of imidazole rings is 1. The molecule has 1 saturated heterocycles. The Morgan fingerprint density at radius 2 is 2.32 bits per heavy atom. The summed E-state index contributed by atoms with van der Waals surface area (Å²) < 4.78 is 7.99. The lowest BCUT2D eigenvalue weighted by atomic mass is 10.2. The van der Waals surface area contributed by atoms with Gasteiger partial charge in [-0.25, -0.2) is 9.97 Å². The number of hydrogen-bond donors (Lipinski definition) is 1. The zero-order valence-corrected chi connectivity index (χ0v) is 13.4. The second-order valence-electron chi connectivity index (χ2n) is 5.71. The molecule has 1 atom stereocenters. The van der Waals surface area contributed by atoms with E-state index in [2.05, 4.69) is 30.8 Å². The summed E-state index contributed by atoms with van der Waals surface area (Å²) in [5.41, 5.74) is 2.24. The SMILES string of the molecule is CNc1ncccc1CN1CCO[C@@H](c2nc(C)cn2C)C1. The third-order valence-electron chi connectivity index (χ3n) is 3.99. The van der Waals surface area contributed by atoms with Crippen molar-refractivity contribution in [2.75, 3.05) is 32.1 Å². The van der Waals surface area contributed by atoms with Gasteiger partial charge in [0.2, 0.25) is 0 Å². The molecule has 0 spiro atoms. The quantitative estimate of drug-likeness (QED) is 0.932. The second kappa shape index (κ2) is 6.46. The van der Waals surface area contributed by atoms with Gasteiger partial charge in [0.05, 0.1) is 12.3 Å². The van der Waals surface area contributed by atoms with E-state index >= 15 is 0 Å². The minimum absolute atomic E-state index is 0.0298. The summed E-state index contributed by atoms with van der Waals surface area (Å²) in [6.45, 7) is 5.39. The molecule has 0 saturated carbocycles. The van der Waals surface area contributed by atoms with E-state index in [9.17, 15) is 0 Å². The minimum Gasteiger partial charge on any atom is -0.373 e. The molecule has 118 valence electrons. The summed E-state index contributed by atoms with van der Waals surface area (Å²) in [4.78, 5) is 11.4. The number of hydrogen-bond acceptors (Lipinski definition) is 5. The summed E-state index contributed by atoms with van der Waals surface area (Å²) >= 11 is 0. The molecule has 0 unspecified atom stereocenters. The molecule has 3 heterocycles. The minimum atomic E-state index is 0.0298. The molecular formula is C16H23N5O. The molecule has 6 heteroatoms. The average molecular weight is 301 g/mol. The molecule has 1 aliphatic rings. The molecule has 0 bridgehead atoms. The van der Waals surface area contributed by atoms with Crippen LogP contribution in [0.15, 0.2) is 24.5 Å². The molecule has 2 aromatic rings. The predicted octanol–water partition coefficient (Wildman–Crippen LogP) is 1.74. The van der Waals surface area contributed by atoms with Gasteiger partial charge in [-0.3, -0.25) is 4.90 Å². The Hall–Kier alpha value is -1.92. The topological polar surface area (TPSA) is 55.2 Å². The Labute approximate surface area is 131 Å². The lowest BCUT2D eigenvalue weighted by Crippen LogP contribution is -2.38. The smallest absolute Gasteiger partial charge is 0.139 e. The largest absolute Gasteiger partial charge is 0.373 e. The molecule has 0 amide bonds. The van der Waals surface area contributed by atoms with E-state index < -0.39 is 0 Å². The number of morpholine rings is 1. The van der Waals surface area contributed by atoms with Crippen LogP contribution in [0.1, 0.15) is 23.2 Å². The molecular weight excluding hydrogens is 278 g/mol. The van der Waals surface area contributed by atoms with E-state index in [1.165, 1.54) is 5.56 Å². The molecule has 0 aromatic carbocycles. The van der Waals surface area contributed by atoms with E-state index in [1.54, 1.807) is 0 Å². The van der Waals surface area contributed by atoms with Gasteiger partial charge in [-0.05, 0) is 13.0 Å². The maximum Gasteiger partial charge on any atom is 0.139 e. The first-order valence-electron chi connectivity index (χ1n) is 7.63. The number of nitrogens with zero attached hydrogens (tertiary/aromatic N) is 4. The molecule has 2 aromatic heterocycles. The normalized spacial score (nSPS) is 19.3. The molecule has 0 radical (unpaired) electrons. The van der Waals surface area contributed by atoms with E-state index in [0.717, 1.165) is 43.6 Å². The van der Waals surface area contributed by atoms with Crippen LogP contribution in [0.3, 0.4) is 0 Å². The van der Waals surface area contributed by atoms with Gasteiger partial charge >= 0.3 is 0 Å². The fourth-order valence-electron chi connectivity index (χ4n) is 2.97. The highest BCUT2D eigenvalue weighted by Gasteiger charge is 2.25. The highest BCUT2D eigenvalue weighted by Crippen LogP contribution is 2.23. The molecule has 1 N–H and O–H groups in total. The van der Waals surface area contributed by atoms with Crippen molar-refractivity contribution < 1.29 is 4.74 Å². The van der Waals surface area contributed by atoms with Gasteiger partial charge in [0.25, 0.3) is 0 Å². The van der Waals surface area contributed by atoms with Crippen LogP contribution in [0.2, 0.25) is 0 Å². The van der Waals surface area contributed by atoms with Gasteiger partial charge in [0, 0.05) is 51.7 Å². The van der Waals surface area contributed by atoms with Crippen LogP contribution in [0, 0.1) is 6.92 Å². The lowest BCUT2D eigenvalue weighted by molar-refractivity contribution is -0.0383. The molecule has 6 nitrogen and oxygen atoms in total. The van der Waals surface area contributed by atoms with Gasteiger partial charge in [0.15, 0.2) is 0 Å². The standard InChI is InChI=1S/C16H23N5O/c1-12-9-20(3)16(19-12)14-11-21(7-8-22-14)10-13-5-4-6-18-15(13)17-2/h4-6,9,14H,7-8,10-11H2,1-3H3,(H,17,18)/t14-/m1/s1. The Kier molecular flexibility index (Phi) is 4.40. The zero-order valence-electron chi connectivity index (χ0n) is 13.4. The van der Waals surface area contributed by atoms with E-state index in [4.69, 9.17) is 4.74 Å². The van der Waals surface area contributed by atoms with Crippen LogP contribution in [-0.2, 0) is 18.3 Å². The van der Waals surface area contributed by atoms with Crippen LogP contribution in [-0.4, -0.2) is 46.2 Å². The summed E-state index contributed by atoms with van der Waals surface area (Å²) in [6, 6.07) is 4.10. The second-order valence-corrected chi connectivity index (χ2v) is 5.71. The van der Waals surface area contributed by atoms with E-state index in [-0.39, 0.29) is 6.10 Å². The zero-order chi connectivity index (χ0) is 15.5. The van der Waals surface area contributed by atoms with Crippen LogP contribution in [0.4, 0.5) is 5.82 Å². The fraction of sp³-hybridized carbons (Fsp3) is 0.500. The van der Waals surface area contributed by atoms with Crippen molar-refractivity contribution in [3.05, 3.63) is 41.6 Å². The van der Waals surface area contributed by atoms with Crippen LogP contribution >= 0.6 is 0 Å². The average Bonchev–Trinajstić information content (AvgIpc) is 2.87. The van der Waals surface area contributed by atoms with Crippen molar-refractivity contribution in [2.45, 2.75) is 19.6 Å². The van der Waals surface area contributed by atoms with E-state index in [0.29, 0.717) is 0 Å². The highest BCUT2D eigenvalue weighted by atomic mass is 16.5. The number of rotatable bonds is 4. The van der Waals surface area contributed by atoms with Crippen LogP contribution in [0.5, 0.6) is 0 Å². The Bertz CT molecular complexity index is 639. The van der Waals surface area contributed by atoms with Crippen molar-refractivity contribution in [3.8, 4) is 0 Å². The van der Waals surface area contributed by atoms with Crippen molar-refractivity contribution in [1.29, 1.82) is 0 Å². The summed E-state index contributed by atoms with van der Waals surface area (Å²) in [6.07, 6.45) is 3.88. The monoisotopic (exact) mass is 301 g/mol. The number of ether oxygens (including phenoxy) is 1. The fourth-order valence-corrected chi connectivity index (χ4v) is 2.97. The van der Waals surface area contributed by atoms with Crippen LogP contribution < -0.4 is 5.32 Å². The van der Waals surface area contributed by atoms with Gasteiger partial charge in [0.1, 0.15) is 17.7 Å². The summed E-state index contributed by atoms with van der Waals surface area (Å²) in [5, 5.41) is 3.16. The third kappa shape index (κ3) is 3.13. The maximum absolute atomic E-state index is 5.93. The molecule has 1 aliphatic heterocycles. The maximum atomic E-state index is 5.93. The number of nitrogens with one attached hydrogen (secondary N) is 1. The number of aryl methyl sites for hydroxylation is 2. The van der Waals surface area contributed by atoms with Gasteiger partial charge in [-0.1, -0.05) is 6.07 Å². The summed E-state index contributed by atoms with van der Waals surface area (Å²) in [5.74, 6) is 1.95. The first-order chi connectivity index (χ1) is 10.7. The number of anilines is 1. The van der Waals surface area contributed by atoms with Crippen molar-refractivity contribution in [3.63, 3.8) is 0 Å². The molecule has 0 aliphatic carbocycles. The summed E-state index contributed by atoms with van der Waals surface area (Å²) in [7, 11) is 3.93. The van der Waals surface area contributed by atoms with Crippen molar-refractivity contribution in [2.24, 2.45) is 7.05 Å². The highest BCUT2D eigenvalue weighted by molar-refractivity contribution is 5.42. The number of pyridine rings is 1. The first-order valence-corrected chi connectivity index (χ1v) is 7.63. The molecule has 3 rings (SSSR count). The Morgan fingerprint density at radius 1 is 1.45 bits per heavy atom. The van der Waals surface area contributed by atoms with Crippen molar-refractivity contribution >= 4 is 5.82 Å². The molecule has 22 heavy (non-hydrogen) atoms. The van der Waals surface area contributed by atoms with Crippen LogP contribution in [0.25, 0.3) is 0 Å². The van der Waals surface area contributed by atoms with Gasteiger partial charge < -0.3 is 14.6 Å². The third-order valence-corrected chi connectivity index (χ3v) is 3.99. The van der Waals surface area contributed by atoms with E-state index in [1.807, 2.05) is 39.5 Å². The number of aromatic nitrogens is 3. The predicted molar refractivity (Wildman–Crippen MR) is 85.7 cm³/mol. The van der Waals surface area contributed by atoms with Gasteiger partial charge in [-0.15, -0.1) is 0 Å². The molecule has 1 fully saturated rings. The first kappa shape index (κ1) is 15.0. The van der Waals surface area contributed by atoms with Gasteiger partial charge in [-0.2, -0.15) is 0 Å². The Morgan fingerprint density at radius 3 is 3.05 bits per heavy atom.